The first-order valence-electron chi connectivity index (χ1n) is 7.66. The molecule has 3 rings (SSSR count). The molecule has 1 aromatic rings. The summed E-state index contributed by atoms with van der Waals surface area (Å²) in [6.07, 6.45) is 1.85. The molecule has 7 heteroatoms. The van der Waals surface area contributed by atoms with Gasteiger partial charge < -0.3 is 20.1 Å². The lowest BCUT2D eigenvalue weighted by Gasteiger charge is -2.21. The largest absolute Gasteiger partial charge is 0.467 e. The van der Waals surface area contributed by atoms with Gasteiger partial charge in [0.25, 0.3) is 0 Å². The van der Waals surface area contributed by atoms with Crippen molar-refractivity contribution in [2.24, 2.45) is 10.9 Å². The van der Waals surface area contributed by atoms with E-state index in [4.69, 9.17) is 9.47 Å². The SMILES string of the molecule is CN=C(NCCc1cc(F)cc2c1OCOC2)NC1CC1C.I. The molecule has 1 saturated carbocycles. The molecule has 1 aliphatic carbocycles. The normalized spacial score (nSPS) is 22.5. The second-order valence-electron chi connectivity index (χ2n) is 5.88. The van der Waals surface area contributed by atoms with Gasteiger partial charge in [-0.25, -0.2) is 4.39 Å². The van der Waals surface area contributed by atoms with E-state index < -0.39 is 0 Å². The maximum Gasteiger partial charge on any atom is 0.191 e. The van der Waals surface area contributed by atoms with Gasteiger partial charge in [0, 0.05) is 25.2 Å². The van der Waals surface area contributed by atoms with E-state index in [-0.39, 0.29) is 36.6 Å². The van der Waals surface area contributed by atoms with Gasteiger partial charge >= 0.3 is 0 Å². The molecule has 2 unspecified atom stereocenters. The summed E-state index contributed by atoms with van der Waals surface area (Å²) in [6, 6.07) is 3.53. The molecule has 1 aromatic carbocycles. The van der Waals surface area contributed by atoms with Crippen LogP contribution in [0.5, 0.6) is 5.75 Å². The third kappa shape index (κ3) is 4.69. The van der Waals surface area contributed by atoms with E-state index in [0.717, 1.165) is 22.8 Å². The molecule has 0 radical (unpaired) electrons. The number of guanidine groups is 1. The van der Waals surface area contributed by atoms with Crippen LogP contribution in [0.4, 0.5) is 4.39 Å². The lowest BCUT2D eigenvalue weighted by atomic mass is 10.1. The summed E-state index contributed by atoms with van der Waals surface area (Å²) >= 11 is 0. The van der Waals surface area contributed by atoms with Crippen LogP contribution in [0.1, 0.15) is 24.5 Å². The molecule has 1 heterocycles. The topological polar surface area (TPSA) is 54.9 Å². The lowest BCUT2D eigenvalue weighted by Crippen LogP contribution is -2.40. The monoisotopic (exact) mass is 435 g/mol. The number of hydrogen-bond donors (Lipinski definition) is 2. The number of benzene rings is 1. The minimum Gasteiger partial charge on any atom is -0.467 e. The number of hydrogen-bond acceptors (Lipinski definition) is 3. The zero-order valence-corrected chi connectivity index (χ0v) is 15.7. The summed E-state index contributed by atoms with van der Waals surface area (Å²) < 4.78 is 24.4. The molecule has 23 heavy (non-hydrogen) atoms. The van der Waals surface area contributed by atoms with Gasteiger partial charge in [-0.1, -0.05) is 6.92 Å². The first-order valence-corrected chi connectivity index (χ1v) is 7.66. The molecule has 2 aliphatic rings. The molecule has 5 nitrogen and oxygen atoms in total. The number of aliphatic imine (C=N–C) groups is 1. The summed E-state index contributed by atoms with van der Waals surface area (Å²) in [6.45, 7) is 3.50. The maximum absolute atomic E-state index is 13.7. The highest BCUT2D eigenvalue weighted by atomic mass is 127. The van der Waals surface area contributed by atoms with E-state index in [1.807, 2.05) is 0 Å². The van der Waals surface area contributed by atoms with Gasteiger partial charge in [-0.2, -0.15) is 0 Å². The Kier molecular flexibility index (Phi) is 6.46. The fourth-order valence-electron chi connectivity index (χ4n) is 2.65. The Morgan fingerprint density at radius 1 is 1.43 bits per heavy atom. The summed E-state index contributed by atoms with van der Waals surface area (Å²) in [5.74, 6) is 2.01. The number of halogens is 2. The minimum absolute atomic E-state index is 0. The first kappa shape index (κ1) is 18.3. The third-order valence-electron chi connectivity index (χ3n) is 4.09. The molecule has 2 atom stereocenters. The lowest BCUT2D eigenvalue weighted by molar-refractivity contribution is -0.0172. The second-order valence-corrected chi connectivity index (χ2v) is 5.88. The van der Waals surface area contributed by atoms with Crippen molar-refractivity contribution in [3.05, 3.63) is 29.1 Å². The van der Waals surface area contributed by atoms with Crippen molar-refractivity contribution in [2.45, 2.75) is 32.4 Å². The molecular formula is C16H23FIN3O2. The Morgan fingerprint density at radius 2 is 2.22 bits per heavy atom. The average Bonchev–Trinajstić information content (AvgIpc) is 3.21. The molecule has 0 spiro atoms. The Morgan fingerprint density at radius 3 is 2.91 bits per heavy atom. The van der Waals surface area contributed by atoms with Gasteiger partial charge in [-0.15, -0.1) is 24.0 Å². The predicted molar refractivity (Wildman–Crippen MR) is 97.9 cm³/mol. The standard InChI is InChI=1S/C16H22FN3O2.HI/c1-10-5-14(10)20-16(18-2)19-4-3-11-6-13(17)7-12-8-21-9-22-15(11)12;/h6-7,10,14H,3-5,8-9H2,1-2H3,(H2,18,19,20);1H. The molecule has 0 saturated heterocycles. The van der Waals surface area contributed by atoms with E-state index in [9.17, 15) is 4.39 Å². The number of rotatable bonds is 4. The van der Waals surface area contributed by atoms with Gasteiger partial charge in [0.2, 0.25) is 0 Å². The molecule has 128 valence electrons. The van der Waals surface area contributed by atoms with Crippen molar-refractivity contribution in [3.8, 4) is 5.75 Å². The third-order valence-corrected chi connectivity index (χ3v) is 4.09. The molecule has 1 aliphatic heterocycles. The number of ether oxygens (including phenoxy) is 2. The van der Waals surface area contributed by atoms with Crippen LogP contribution >= 0.6 is 24.0 Å². The first-order chi connectivity index (χ1) is 10.7. The van der Waals surface area contributed by atoms with Gasteiger partial charge in [0.05, 0.1) is 6.61 Å². The molecular weight excluding hydrogens is 412 g/mol. The van der Waals surface area contributed by atoms with E-state index in [2.05, 4.69) is 22.5 Å². The van der Waals surface area contributed by atoms with E-state index in [1.165, 1.54) is 18.6 Å². The van der Waals surface area contributed by atoms with Crippen LogP contribution in [0, 0.1) is 11.7 Å². The van der Waals surface area contributed by atoms with Crippen molar-refractivity contribution < 1.29 is 13.9 Å². The number of fused-ring (bicyclic) bond motifs is 1. The highest BCUT2D eigenvalue weighted by Crippen LogP contribution is 2.30. The van der Waals surface area contributed by atoms with Gasteiger partial charge in [0.15, 0.2) is 12.8 Å². The van der Waals surface area contributed by atoms with Crippen LogP contribution in [-0.2, 0) is 17.8 Å². The Balaban J connectivity index is 0.00000192. The fraction of sp³-hybridized carbons (Fsp3) is 0.562. The molecule has 0 amide bonds. The highest BCUT2D eigenvalue weighted by molar-refractivity contribution is 14.0. The minimum atomic E-state index is -0.253. The summed E-state index contributed by atoms with van der Waals surface area (Å²) in [7, 11) is 1.76. The van der Waals surface area contributed by atoms with Gasteiger partial charge in [-0.3, -0.25) is 4.99 Å². The zero-order valence-electron chi connectivity index (χ0n) is 13.4. The smallest absolute Gasteiger partial charge is 0.191 e. The van der Waals surface area contributed by atoms with Gasteiger partial charge in [-0.05, 0) is 36.5 Å². The fourth-order valence-corrected chi connectivity index (χ4v) is 2.65. The van der Waals surface area contributed by atoms with Crippen molar-refractivity contribution in [2.75, 3.05) is 20.4 Å². The van der Waals surface area contributed by atoms with Gasteiger partial charge in [0.1, 0.15) is 11.6 Å². The van der Waals surface area contributed by atoms with E-state index in [1.54, 1.807) is 7.05 Å². The molecule has 1 fully saturated rings. The maximum atomic E-state index is 13.7. The van der Waals surface area contributed by atoms with E-state index in [0.29, 0.717) is 31.5 Å². The highest BCUT2D eigenvalue weighted by Gasteiger charge is 2.33. The van der Waals surface area contributed by atoms with Crippen molar-refractivity contribution >= 4 is 29.9 Å². The summed E-state index contributed by atoms with van der Waals surface area (Å²) in [5.41, 5.74) is 1.64. The average molecular weight is 435 g/mol. The van der Waals surface area contributed by atoms with Crippen LogP contribution in [-0.4, -0.2) is 32.4 Å². The predicted octanol–water partition coefficient (Wildman–Crippen LogP) is 2.43. The Labute approximate surface area is 153 Å². The zero-order chi connectivity index (χ0) is 15.5. The van der Waals surface area contributed by atoms with Crippen molar-refractivity contribution in [1.82, 2.24) is 10.6 Å². The molecule has 2 N–H and O–H groups in total. The summed E-state index contributed by atoms with van der Waals surface area (Å²) in [5, 5.41) is 6.63. The van der Waals surface area contributed by atoms with E-state index >= 15 is 0 Å². The number of nitrogens with one attached hydrogen (secondary N) is 2. The quantitative estimate of drug-likeness (QED) is 0.434. The molecule has 0 bridgehead atoms. The summed E-state index contributed by atoms with van der Waals surface area (Å²) in [4.78, 5) is 4.21. The van der Waals surface area contributed by atoms with Crippen LogP contribution < -0.4 is 15.4 Å². The van der Waals surface area contributed by atoms with Crippen LogP contribution in [0.25, 0.3) is 0 Å². The van der Waals surface area contributed by atoms with Crippen LogP contribution in [0.3, 0.4) is 0 Å². The van der Waals surface area contributed by atoms with Crippen LogP contribution in [0.15, 0.2) is 17.1 Å². The van der Waals surface area contributed by atoms with Crippen LogP contribution in [0.2, 0.25) is 0 Å². The Hall–Kier alpha value is -1.09. The molecule has 0 aromatic heterocycles. The number of nitrogens with zero attached hydrogens (tertiary/aromatic N) is 1. The Bertz CT molecular complexity index is 583. The second kappa shape index (κ2) is 8.14. The van der Waals surface area contributed by atoms with Crippen molar-refractivity contribution in [1.29, 1.82) is 0 Å². The van der Waals surface area contributed by atoms with Crippen molar-refractivity contribution in [3.63, 3.8) is 0 Å².